The van der Waals surface area contributed by atoms with E-state index in [0.29, 0.717) is 33.1 Å². The number of benzene rings is 1. The fourth-order valence-corrected chi connectivity index (χ4v) is 2.86. The van der Waals surface area contributed by atoms with E-state index < -0.39 is 5.63 Å². The summed E-state index contributed by atoms with van der Waals surface area (Å²) in [7, 11) is 0. The molecular weight excluding hydrogens is 292 g/mol. The third kappa shape index (κ3) is 1.61. The minimum Gasteiger partial charge on any atom is -0.422 e. The fourth-order valence-electron chi connectivity index (χ4n) is 2.69. The van der Waals surface area contributed by atoms with Gasteiger partial charge in [0.25, 0.3) is 5.71 Å². The lowest BCUT2D eigenvalue weighted by atomic mass is 10.0. The zero-order valence-corrected chi connectivity index (χ0v) is 12.0. The second-order valence-electron chi connectivity index (χ2n) is 4.93. The van der Waals surface area contributed by atoms with Crippen LogP contribution < -0.4 is 5.63 Å². The van der Waals surface area contributed by atoms with Gasteiger partial charge in [0.15, 0.2) is 0 Å². The monoisotopic (exact) mass is 300 g/mol. The number of aryl methyl sites for hydroxylation is 2. The molecule has 5 nitrogen and oxygen atoms in total. The van der Waals surface area contributed by atoms with Crippen LogP contribution in [0, 0.1) is 13.8 Å². The SMILES string of the molecule is Cc1nc2onc(C)c2c2c1c(=O)oc1ccc(Cl)cc12. The van der Waals surface area contributed by atoms with Gasteiger partial charge in [0.1, 0.15) is 5.58 Å². The van der Waals surface area contributed by atoms with Crippen LogP contribution in [-0.4, -0.2) is 10.1 Å². The molecule has 0 amide bonds. The summed E-state index contributed by atoms with van der Waals surface area (Å²) in [5, 5.41) is 7.13. The summed E-state index contributed by atoms with van der Waals surface area (Å²) in [6.45, 7) is 3.56. The predicted molar refractivity (Wildman–Crippen MR) is 79.8 cm³/mol. The molecule has 0 fully saturated rings. The molecule has 0 aliphatic carbocycles. The van der Waals surface area contributed by atoms with Crippen LogP contribution in [0.5, 0.6) is 0 Å². The lowest BCUT2D eigenvalue weighted by molar-refractivity contribution is 0.442. The standard InChI is InChI=1S/C15H9ClN2O3/c1-6-12-13(11-7(2)18-21-14(11)17-6)9-5-8(16)3-4-10(9)20-15(12)19/h3-5H,1-2H3. The Balaban J connectivity index is 2.48. The Labute approximate surface area is 123 Å². The van der Waals surface area contributed by atoms with Crippen molar-refractivity contribution in [3.8, 4) is 0 Å². The van der Waals surface area contributed by atoms with E-state index in [2.05, 4.69) is 10.1 Å². The highest BCUT2D eigenvalue weighted by Crippen LogP contribution is 2.33. The molecule has 0 unspecified atom stereocenters. The van der Waals surface area contributed by atoms with Gasteiger partial charge in [-0.1, -0.05) is 16.8 Å². The molecule has 0 bridgehead atoms. The van der Waals surface area contributed by atoms with Gasteiger partial charge in [0, 0.05) is 15.8 Å². The van der Waals surface area contributed by atoms with Gasteiger partial charge in [-0.3, -0.25) is 0 Å². The molecule has 0 aliphatic heterocycles. The first-order valence-corrected chi connectivity index (χ1v) is 6.72. The third-order valence-corrected chi connectivity index (χ3v) is 3.83. The summed E-state index contributed by atoms with van der Waals surface area (Å²) in [4.78, 5) is 16.6. The van der Waals surface area contributed by atoms with E-state index in [-0.39, 0.29) is 0 Å². The summed E-state index contributed by atoms with van der Waals surface area (Å²) in [6, 6.07) is 5.14. The molecule has 6 heteroatoms. The van der Waals surface area contributed by atoms with E-state index in [1.165, 1.54) is 0 Å². The highest BCUT2D eigenvalue weighted by atomic mass is 35.5. The minimum atomic E-state index is -0.424. The van der Waals surface area contributed by atoms with Crippen LogP contribution >= 0.6 is 11.6 Å². The summed E-state index contributed by atoms with van der Waals surface area (Å²) >= 11 is 6.09. The van der Waals surface area contributed by atoms with Crippen molar-refractivity contribution in [1.29, 1.82) is 0 Å². The Morgan fingerprint density at radius 2 is 1.90 bits per heavy atom. The highest BCUT2D eigenvalue weighted by Gasteiger charge is 2.19. The Bertz CT molecular complexity index is 1100. The summed E-state index contributed by atoms with van der Waals surface area (Å²) in [5.74, 6) is 0. The van der Waals surface area contributed by atoms with E-state index in [1.807, 2.05) is 6.92 Å². The molecule has 0 N–H and O–H groups in total. The maximum Gasteiger partial charge on any atom is 0.346 e. The van der Waals surface area contributed by atoms with Gasteiger partial charge in [0.05, 0.1) is 22.2 Å². The molecule has 0 atom stereocenters. The maximum atomic E-state index is 12.3. The molecule has 4 rings (SSSR count). The number of rotatable bonds is 0. The van der Waals surface area contributed by atoms with Crippen LogP contribution in [0.1, 0.15) is 11.4 Å². The van der Waals surface area contributed by atoms with E-state index in [0.717, 1.165) is 16.2 Å². The van der Waals surface area contributed by atoms with Gasteiger partial charge in [-0.2, -0.15) is 0 Å². The van der Waals surface area contributed by atoms with Crippen LogP contribution in [0.2, 0.25) is 5.02 Å². The molecule has 0 spiro atoms. The molecule has 0 radical (unpaired) electrons. The Morgan fingerprint density at radius 1 is 1.10 bits per heavy atom. The number of pyridine rings is 1. The van der Waals surface area contributed by atoms with Crippen molar-refractivity contribution < 1.29 is 8.94 Å². The zero-order valence-electron chi connectivity index (χ0n) is 11.2. The zero-order chi connectivity index (χ0) is 14.7. The van der Waals surface area contributed by atoms with Crippen LogP contribution in [-0.2, 0) is 0 Å². The normalized spacial score (nSPS) is 11.8. The summed E-state index contributed by atoms with van der Waals surface area (Å²) in [6.07, 6.45) is 0. The molecule has 4 aromatic rings. The highest BCUT2D eigenvalue weighted by molar-refractivity contribution is 6.32. The van der Waals surface area contributed by atoms with Crippen molar-refractivity contribution in [1.82, 2.24) is 10.1 Å². The Kier molecular flexibility index (Phi) is 2.38. The third-order valence-electron chi connectivity index (χ3n) is 3.59. The van der Waals surface area contributed by atoms with Gasteiger partial charge in [-0.25, -0.2) is 9.78 Å². The second kappa shape index (κ2) is 4.05. The Morgan fingerprint density at radius 3 is 2.71 bits per heavy atom. The first-order valence-electron chi connectivity index (χ1n) is 6.35. The van der Waals surface area contributed by atoms with Gasteiger partial charge >= 0.3 is 5.63 Å². The average molecular weight is 301 g/mol. The number of hydrogen-bond donors (Lipinski definition) is 0. The summed E-state index contributed by atoms with van der Waals surface area (Å²) in [5.41, 5.74) is 1.68. The number of aromatic nitrogens is 2. The predicted octanol–water partition coefficient (Wildman–Crippen LogP) is 3.75. The van der Waals surface area contributed by atoms with Crippen molar-refractivity contribution in [2.75, 3.05) is 0 Å². The molecule has 0 saturated heterocycles. The van der Waals surface area contributed by atoms with Gasteiger partial charge in [-0.15, -0.1) is 0 Å². The lowest BCUT2D eigenvalue weighted by Gasteiger charge is -2.06. The largest absolute Gasteiger partial charge is 0.422 e. The molecule has 21 heavy (non-hydrogen) atoms. The van der Waals surface area contributed by atoms with Gasteiger partial charge in [0.2, 0.25) is 0 Å². The van der Waals surface area contributed by atoms with E-state index >= 15 is 0 Å². The molecule has 1 aromatic carbocycles. The fraction of sp³-hybridized carbons (Fsp3) is 0.133. The molecule has 3 aromatic heterocycles. The minimum absolute atomic E-state index is 0.407. The Hall–Kier alpha value is -2.40. The molecule has 3 heterocycles. The first-order chi connectivity index (χ1) is 10.1. The number of hydrogen-bond acceptors (Lipinski definition) is 5. The number of nitrogens with zero attached hydrogens (tertiary/aromatic N) is 2. The van der Waals surface area contributed by atoms with Crippen molar-refractivity contribution in [3.63, 3.8) is 0 Å². The van der Waals surface area contributed by atoms with E-state index in [4.69, 9.17) is 20.5 Å². The number of halogens is 1. The van der Waals surface area contributed by atoms with Gasteiger partial charge in [-0.05, 0) is 32.0 Å². The van der Waals surface area contributed by atoms with Crippen molar-refractivity contribution in [3.05, 3.63) is 45.0 Å². The average Bonchev–Trinajstić information content (AvgIpc) is 2.80. The molecule has 0 saturated carbocycles. The van der Waals surface area contributed by atoms with Crippen LogP contribution in [0.15, 0.2) is 31.9 Å². The maximum absolute atomic E-state index is 12.3. The molecule has 104 valence electrons. The quantitative estimate of drug-likeness (QED) is 0.365. The van der Waals surface area contributed by atoms with Crippen LogP contribution in [0.3, 0.4) is 0 Å². The molecular formula is C15H9ClN2O3. The van der Waals surface area contributed by atoms with Crippen LogP contribution in [0.25, 0.3) is 32.8 Å². The summed E-state index contributed by atoms with van der Waals surface area (Å²) < 4.78 is 10.6. The van der Waals surface area contributed by atoms with Crippen LogP contribution in [0.4, 0.5) is 0 Å². The first kappa shape index (κ1) is 12.3. The van der Waals surface area contributed by atoms with Crippen molar-refractivity contribution in [2.45, 2.75) is 13.8 Å². The second-order valence-corrected chi connectivity index (χ2v) is 5.36. The van der Waals surface area contributed by atoms with Crippen molar-refractivity contribution in [2.24, 2.45) is 0 Å². The van der Waals surface area contributed by atoms with Gasteiger partial charge < -0.3 is 8.94 Å². The van der Waals surface area contributed by atoms with E-state index in [1.54, 1.807) is 25.1 Å². The van der Waals surface area contributed by atoms with Crippen molar-refractivity contribution >= 4 is 44.4 Å². The smallest absolute Gasteiger partial charge is 0.346 e. The topological polar surface area (TPSA) is 69.1 Å². The van der Waals surface area contributed by atoms with E-state index in [9.17, 15) is 4.79 Å². The lowest BCUT2D eigenvalue weighted by Crippen LogP contribution is -2.04. The number of fused-ring (bicyclic) bond motifs is 5. The molecule has 0 aliphatic rings.